The molecule has 0 spiro atoms. The molecule has 2 rings (SSSR count). The molecule has 2 heterocycles. The molecule has 0 aromatic carbocycles. The number of hydrogen-bond acceptors (Lipinski definition) is 7. The number of rotatable bonds is 8. The van der Waals surface area contributed by atoms with Gasteiger partial charge in [-0.3, -0.25) is 14.3 Å². The standard InChI is InChI=1S/C20H33N3O6S/c1-4-23-19-16(7-5-10-28-11-6-9-21-20(19)25)17(22-23)13-15(2)14-29-18(24)8-12-30(3,26)27/h15H,4-14H2,1-3H3,(H,21,25)/t15-/m1/s1. The van der Waals surface area contributed by atoms with Crippen LogP contribution in [0.4, 0.5) is 0 Å². The van der Waals surface area contributed by atoms with Crippen molar-refractivity contribution in [3.05, 3.63) is 17.0 Å². The van der Waals surface area contributed by atoms with Gasteiger partial charge >= 0.3 is 5.97 Å². The van der Waals surface area contributed by atoms with Crippen LogP contribution in [0.5, 0.6) is 0 Å². The van der Waals surface area contributed by atoms with Gasteiger partial charge in [-0.25, -0.2) is 8.42 Å². The molecule has 1 aliphatic heterocycles. The number of carbonyl (C=O) groups excluding carboxylic acids is 2. The van der Waals surface area contributed by atoms with Crippen molar-refractivity contribution in [1.29, 1.82) is 0 Å². The van der Waals surface area contributed by atoms with Crippen LogP contribution >= 0.6 is 0 Å². The van der Waals surface area contributed by atoms with Crippen LogP contribution in [0.25, 0.3) is 0 Å². The van der Waals surface area contributed by atoms with E-state index in [1.54, 1.807) is 4.68 Å². The Morgan fingerprint density at radius 3 is 2.77 bits per heavy atom. The second-order valence-electron chi connectivity index (χ2n) is 7.79. The number of fused-ring (bicyclic) bond motifs is 1. The van der Waals surface area contributed by atoms with Crippen LogP contribution < -0.4 is 5.32 Å². The molecule has 9 nitrogen and oxygen atoms in total. The second kappa shape index (κ2) is 11.5. The number of hydrogen-bond donors (Lipinski definition) is 1. The number of nitrogens with zero attached hydrogens (tertiary/aromatic N) is 2. The summed E-state index contributed by atoms with van der Waals surface area (Å²) in [6.45, 7) is 6.47. The number of aromatic nitrogens is 2. The molecular formula is C20H33N3O6S. The van der Waals surface area contributed by atoms with Crippen LogP contribution in [0, 0.1) is 5.92 Å². The van der Waals surface area contributed by atoms with E-state index in [9.17, 15) is 18.0 Å². The van der Waals surface area contributed by atoms with Gasteiger partial charge in [0.05, 0.1) is 24.5 Å². The first-order valence-corrected chi connectivity index (χ1v) is 12.5. The molecule has 170 valence electrons. The van der Waals surface area contributed by atoms with Crippen LogP contribution in [-0.2, 0) is 43.5 Å². The summed E-state index contributed by atoms with van der Waals surface area (Å²) >= 11 is 0. The molecule has 0 radical (unpaired) electrons. The highest BCUT2D eigenvalue weighted by molar-refractivity contribution is 7.90. The van der Waals surface area contributed by atoms with Crippen molar-refractivity contribution in [3.8, 4) is 0 Å². The maximum Gasteiger partial charge on any atom is 0.306 e. The predicted octanol–water partition coefficient (Wildman–Crippen LogP) is 1.14. The first-order valence-electron chi connectivity index (χ1n) is 10.5. The van der Waals surface area contributed by atoms with Crippen molar-refractivity contribution in [2.45, 2.75) is 52.5 Å². The lowest BCUT2D eigenvalue weighted by molar-refractivity contribution is -0.144. The number of amides is 1. The highest BCUT2D eigenvalue weighted by atomic mass is 32.2. The maximum atomic E-state index is 12.8. The number of esters is 1. The number of ether oxygens (including phenoxy) is 2. The van der Waals surface area contributed by atoms with Crippen molar-refractivity contribution < 1.29 is 27.5 Å². The number of nitrogens with one attached hydrogen (secondary N) is 1. The lowest BCUT2D eigenvalue weighted by Gasteiger charge is -2.12. The number of carbonyl (C=O) groups is 2. The molecule has 1 amide bonds. The summed E-state index contributed by atoms with van der Waals surface area (Å²) in [6, 6.07) is 0. The molecule has 1 aliphatic rings. The van der Waals surface area contributed by atoms with Crippen molar-refractivity contribution >= 4 is 21.7 Å². The first kappa shape index (κ1) is 24.3. The van der Waals surface area contributed by atoms with Gasteiger partial charge in [-0.15, -0.1) is 0 Å². The Kier molecular flexibility index (Phi) is 9.29. The molecule has 0 saturated heterocycles. The summed E-state index contributed by atoms with van der Waals surface area (Å²) in [5, 5.41) is 7.61. The zero-order valence-corrected chi connectivity index (χ0v) is 18.9. The van der Waals surface area contributed by atoms with E-state index in [2.05, 4.69) is 10.4 Å². The first-order chi connectivity index (χ1) is 14.2. The van der Waals surface area contributed by atoms with Crippen LogP contribution in [-0.4, -0.2) is 68.4 Å². The quantitative estimate of drug-likeness (QED) is 0.599. The molecule has 10 heteroatoms. The Morgan fingerprint density at radius 2 is 2.07 bits per heavy atom. The van der Waals surface area contributed by atoms with Crippen LogP contribution in [0.1, 0.15) is 54.9 Å². The topological polar surface area (TPSA) is 117 Å². The smallest absolute Gasteiger partial charge is 0.306 e. The van der Waals surface area contributed by atoms with E-state index in [4.69, 9.17) is 9.47 Å². The molecule has 0 fully saturated rings. The Balaban J connectivity index is 2.07. The Hall–Kier alpha value is -1.94. The predicted molar refractivity (Wildman–Crippen MR) is 112 cm³/mol. The van der Waals surface area contributed by atoms with Crippen LogP contribution in [0.3, 0.4) is 0 Å². The van der Waals surface area contributed by atoms with Gasteiger partial charge in [0.15, 0.2) is 0 Å². The third-order valence-electron chi connectivity index (χ3n) is 4.86. The molecule has 0 unspecified atom stereocenters. The van der Waals surface area contributed by atoms with E-state index in [-0.39, 0.29) is 30.6 Å². The number of aryl methyl sites for hydroxylation is 1. The zero-order chi connectivity index (χ0) is 22.1. The Morgan fingerprint density at radius 1 is 1.33 bits per heavy atom. The largest absolute Gasteiger partial charge is 0.465 e. The minimum absolute atomic E-state index is 0.0195. The molecular weight excluding hydrogens is 410 g/mol. The minimum Gasteiger partial charge on any atom is -0.465 e. The maximum absolute atomic E-state index is 12.8. The van der Waals surface area contributed by atoms with Crippen molar-refractivity contribution in [3.63, 3.8) is 0 Å². The molecule has 1 N–H and O–H groups in total. The Labute approximate surface area is 178 Å². The molecule has 0 bridgehead atoms. The fourth-order valence-corrected chi connectivity index (χ4v) is 3.87. The van der Waals surface area contributed by atoms with E-state index in [0.29, 0.717) is 44.8 Å². The average Bonchev–Trinajstić information content (AvgIpc) is 3.01. The molecule has 1 aromatic rings. The van der Waals surface area contributed by atoms with E-state index >= 15 is 0 Å². The minimum atomic E-state index is -3.20. The summed E-state index contributed by atoms with van der Waals surface area (Å²) in [6.07, 6.45) is 3.77. The van der Waals surface area contributed by atoms with E-state index in [1.807, 2.05) is 13.8 Å². The summed E-state index contributed by atoms with van der Waals surface area (Å²) < 4.78 is 34.9. The number of sulfone groups is 1. The second-order valence-corrected chi connectivity index (χ2v) is 10.0. The SMILES string of the molecule is CCn1nc(C[C@@H](C)COC(=O)CCS(C)(=O)=O)c2c1C(=O)NCCCOCCC2. The highest BCUT2D eigenvalue weighted by Gasteiger charge is 2.24. The fraction of sp³-hybridized carbons (Fsp3) is 0.750. The highest BCUT2D eigenvalue weighted by Crippen LogP contribution is 2.21. The monoisotopic (exact) mass is 443 g/mol. The van der Waals surface area contributed by atoms with Gasteiger partial charge in [0.1, 0.15) is 15.5 Å². The van der Waals surface area contributed by atoms with Crippen LogP contribution in [0.2, 0.25) is 0 Å². The van der Waals surface area contributed by atoms with Gasteiger partial charge in [-0.1, -0.05) is 6.92 Å². The zero-order valence-electron chi connectivity index (χ0n) is 18.1. The molecule has 1 atom stereocenters. The third-order valence-corrected chi connectivity index (χ3v) is 5.81. The van der Waals surface area contributed by atoms with Crippen molar-refractivity contribution in [2.75, 3.05) is 38.4 Å². The summed E-state index contributed by atoms with van der Waals surface area (Å²) in [4.78, 5) is 24.5. The molecule has 0 aliphatic carbocycles. The van der Waals surface area contributed by atoms with Crippen molar-refractivity contribution in [2.24, 2.45) is 5.92 Å². The fourth-order valence-electron chi connectivity index (χ4n) is 3.34. The van der Waals surface area contributed by atoms with Gasteiger partial charge in [-0.2, -0.15) is 5.10 Å². The van der Waals surface area contributed by atoms with Gasteiger partial charge < -0.3 is 14.8 Å². The van der Waals surface area contributed by atoms with Gasteiger partial charge in [-0.05, 0) is 38.5 Å². The lowest BCUT2D eigenvalue weighted by atomic mass is 9.99. The van der Waals surface area contributed by atoms with E-state index in [1.165, 1.54) is 0 Å². The molecule has 1 aromatic heterocycles. The average molecular weight is 444 g/mol. The van der Waals surface area contributed by atoms with Gasteiger partial charge in [0, 0.05) is 38.1 Å². The van der Waals surface area contributed by atoms with Gasteiger partial charge in [0.2, 0.25) is 0 Å². The molecule has 30 heavy (non-hydrogen) atoms. The summed E-state index contributed by atoms with van der Waals surface area (Å²) in [5.41, 5.74) is 2.36. The van der Waals surface area contributed by atoms with E-state index in [0.717, 1.165) is 30.4 Å². The van der Waals surface area contributed by atoms with Crippen LogP contribution in [0.15, 0.2) is 0 Å². The summed E-state index contributed by atoms with van der Waals surface area (Å²) in [5.74, 6) is -0.880. The van der Waals surface area contributed by atoms with Crippen molar-refractivity contribution in [1.82, 2.24) is 15.1 Å². The molecule has 0 saturated carbocycles. The summed E-state index contributed by atoms with van der Waals surface area (Å²) in [7, 11) is -3.20. The van der Waals surface area contributed by atoms with Gasteiger partial charge in [0.25, 0.3) is 5.91 Å². The normalized spacial score (nSPS) is 16.8. The third kappa shape index (κ3) is 7.71. The van der Waals surface area contributed by atoms with E-state index < -0.39 is 15.8 Å². The lowest BCUT2D eigenvalue weighted by Crippen LogP contribution is -2.28. The Bertz CT molecular complexity index is 834.